The van der Waals surface area contributed by atoms with Crippen molar-refractivity contribution in [1.29, 1.82) is 0 Å². The van der Waals surface area contributed by atoms with Crippen molar-refractivity contribution < 1.29 is 52.3 Å². The maximum Gasteiger partial charge on any atom is 0.508 e. The Bertz CT molecular complexity index is 1200. The first-order valence-corrected chi connectivity index (χ1v) is 23.3. The van der Waals surface area contributed by atoms with Crippen LogP contribution >= 0.6 is 0 Å². The third-order valence-electron chi connectivity index (χ3n) is 9.94. The maximum absolute atomic E-state index is 12.9. The third kappa shape index (κ3) is 33.3. The smallest absolute Gasteiger partial charge is 0.465 e. The van der Waals surface area contributed by atoms with Crippen molar-refractivity contribution in [2.24, 2.45) is 11.8 Å². The fourth-order valence-corrected chi connectivity index (χ4v) is 6.34. The zero-order chi connectivity index (χ0) is 43.7. The highest BCUT2D eigenvalue weighted by molar-refractivity contribution is 5.71. The summed E-state index contributed by atoms with van der Waals surface area (Å²) in [7, 11) is 0. The predicted octanol–water partition coefficient (Wildman–Crippen LogP) is 10.1. The number of esters is 3. The molecule has 12 nitrogen and oxygen atoms in total. The number of carbonyl (C=O) groups excluding carboxylic acids is 4. The summed E-state index contributed by atoms with van der Waals surface area (Å²) in [6.07, 6.45) is 23.7. The summed E-state index contributed by atoms with van der Waals surface area (Å²) in [5.41, 5.74) is 0. The molecule has 0 aliphatic carbocycles. The van der Waals surface area contributed by atoms with E-state index in [1.54, 1.807) is 0 Å². The van der Waals surface area contributed by atoms with E-state index in [-0.39, 0.29) is 64.2 Å². The zero-order valence-electron chi connectivity index (χ0n) is 37.9. The lowest BCUT2D eigenvalue weighted by atomic mass is 9.99. The zero-order valence-corrected chi connectivity index (χ0v) is 37.9. The van der Waals surface area contributed by atoms with Crippen molar-refractivity contribution in [3.05, 3.63) is 24.3 Å². The molecule has 12 heteroatoms. The minimum Gasteiger partial charge on any atom is -0.465 e. The highest BCUT2D eigenvalue weighted by atomic mass is 16.7. The number of allylic oxidation sites excluding steroid dienone is 4. The van der Waals surface area contributed by atoms with Crippen LogP contribution in [0, 0.1) is 23.7 Å². The molecule has 0 radical (unpaired) electrons. The molecule has 0 N–H and O–H groups in total. The van der Waals surface area contributed by atoms with E-state index in [4.69, 9.17) is 33.2 Å². The number of unbranched alkanes of at least 4 members (excludes halogenated alkanes) is 8. The molecule has 2 atom stereocenters. The Morgan fingerprint density at radius 1 is 0.633 bits per heavy atom. The molecule has 0 amide bonds. The molecule has 0 aromatic rings. The lowest BCUT2D eigenvalue weighted by molar-refractivity contribution is -0.161. The number of hydrogen-bond acceptors (Lipinski definition) is 12. The Kier molecular flexibility index (Phi) is 36.2. The van der Waals surface area contributed by atoms with Gasteiger partial charge in [-0.05, 0) is 96.6 Å². The van der Waals surface area contributed by atoms with Gasteiger partial charge in [0.15, 0.2) is 6.29 Å². The summed E-state index contributed by atoms with van der Waals surface area (Å²) in [6, 6.07) is 0. The van der Waals surface area contributed by atoms with E-state index < -0.39 is 30.3 Å². The maximum atomic E-state index is 12.9. The summed E-state index contributed by atoms with van der Waals surface area (Å²) < 4.78 is 39.3. The topological polar surface area (TPSA) is 136 Å². The number of piperidine rings is 1. The van der Waals surface area contributed by atoms with Crippen molar-refractivity contribution in [3.8, 4) is 11.8 Å². The molecule has 0 spiro atoms. The van der Waals surface area contributed by atoms with Gasteiger partial charge < -0.3 is 38.1 Å². The fraction of sp³-hybridized carbons (Fsp3) is 0.792. The van der Waals surface area contributed by atoms with E-state index in [2.05, 4.69) is 68.7 Å². The molecule has 60 heavy (non-hydrogen) atoms. The minimum atomic E-state index is -0.808. The van der Waals surface area contributed by atoms with Gasteiger partial charge in [-0.1, -0.05) is 70.8 Å². The van der Waals surface area contributed by atoms with Gasteiger partial charge in [0.1, 0.15) is 26.4 Å². The second kappa shape index (κ2) is 39.7. The van der Waals surface area contributed by atoms with Crippen molar-refractivity contribution in [3.63, 3.8) is 0 Å². The van der Waals surface area contributed by atoms with Gasteiger partial charge in [-0.15, -0.1) is 5.92 Å². The van der Waals surface area contributed by atoms with Crippen LogP contribution in [0.3, 0.4) is 0 Å². The van der Waals surface area contributed by atoms with Crippen LogP contribution in [-0.4, -0.2) is 101 Å². The first kappa shape index (κ1) is 54.6. The van der Waals surface area contributed by atoms with Gasteiger partial charge in [-0.2, -0.15) is 0 Å². The normalized spacial score (nSPS) is 14.8. The third-order valence-corrected chi connectivity index (χ3v) is 9.94. The average molecular weight is 848 g/mol. The number of rotatable bonds is 36. The SMILES string of the molecule is CC/C=C\CCCCOC(CCC(=O)OCC(COC(=O)CCCCC(=O)OCCC#CCCCCC)COC(=O)OCC1CCCN(CC)C1)OCCCC/C=C\CC. The lowest BCUT2D eigenvalue weighted by Gasteiger charge is -2.31. The summed E-state index contributed by atoms with van der Waals surface area (Å²) >= 11 is 0. The number of ether oxygens (including phenoxy) is 7. The second-order valence-corrected chi connectivity index (χ2v) is 15.5. The summed E-state index contributed by atoms with van der Waals surface area (Å²) in [6.45, 7) is 12.6. The Balaban J connectivity index is 2.62. The summed E-state index contributed by atoms with van der Waals surface area (Å²) in [4.78, 5) is 52.6. The molecule has 0 aromatic heterocycles. The second-order valence-electron chi connectivity index (χ2n) is 15.5. The summed E-state index contributed by atoms with van der Waals surface area (Å²) in [5.74, 6) is 4.54. The number of nitrogens with zero attached hydrogens (tertiary/aromatic N) is 1. The predicted molar refractivity (Wildman–Crippen MR) is 235 cm³/mol. The molecule has 1 aliphatic rings. The van der Waals surface area contributed by atoms with Gasteiger partial charge in [0.05, 0.1) is 18.9 Å². The van der Waals surface area contributed by atoms with Gasteiger partial charge in [0.25, 0.3) is 0 Å². The molecule has 0 aromatic carbocycles. The van der Waals surface area contributed by atoms with Crippen LogP contribution in [0.25, 0.3) is 0 Å². The van der Waals surface area contributed by atoms with Gasteiger partial charge in [0, 0.05) is 57.8 Å². The monoisotopic (exact) mass is 848 g/mol. The Hall–Kier alpha value is -3.40. The van der Waals surface area contributed by atoms with Gasteiger partial charge in [-0.25, -0.2) is 4.79 Å². The van der Waals surface area contributed by atoms with Crippen molar-refractivity contribution in [1.82, 2.24) is 4.90 Å². The van der Waals surface area contributed by atoms with E-state index >= 15 is 0 Å². The van der Waals surface area contributed by atoms with E-state index in [1.165, 1.54) is 6.42 Å². The number of likely N-dealkylation sites (tertiary alicyclic amines) is 1. The van der Waals surface area contributed by atoms with Crippen LogP contribution in [0.5, 0.6) is 0 Å². The molecular weight excluding hydrogens is 767 g/mol. The Morgan fingerprint density at radius 2 is 1.23 bits per heavy atom. The van der Waals surface area contributed by atoms with Crippen molar-refractivity contribution >= 4 is 24.1 Å². The molecule has 1 heterocycles. The van der Waals surface area contributed by atoms with Crippen LogP contribution in [0.1, 0.15) is 163 Å². The van der Waals surface area contributed by atoms with Crippen LogP contribution < -0.4 is 0 Å². The molecule has 1 aliphatic heterocycles. The highest BCUT2D eigenvalue weighted by Crippen LogP contribution is 2.17. The lowest BCUT2D eigenvalue weighted by Crippen LogP contribution is -2.37. The van der Waals surface area contributed by atoms with Crippen LogP contribution in [0.15, 0.2) is 24.3 Å². The van der Waals surface area contributed by atoms with Gasteiger partial charge in [-0.3, -0.25) is 14.4 Å². The van der Waals surface area contributed by atoms with E-state index in [0.717, 1.165) is 103 Å². The van der Waals surface area contributed by atoms with Gasteiger partial charge >= 0.3 is 24.1 Å². The molecule has 0 saturated carbocycles. The molecule has 1 rings (SSSR count). The Morgan fingerprint density at radius 3 is 1.85 bits per heavy atom. The van der Waals surface area contributed by atoms with Crippen LogP contribution in [0.4, 0.5) is 4.79 Å². The Labute approximate surface area is 363 Å². The minimum absolute atomic E-state index is 0.0730. The van der Waals surface area contributed by atoms with E-state index in [9.17, 15) is 19.2 Å². The van der Waals surface area contributed by atoms with Crippen LogP contribution in [-0.2, 0) is 47.5 Å². The molecule has 344 valence electrons. The molecule has 1 fully saturated rings. The molecule has 2 unspecified atom stereocenters. The number of hydrogen-bond donors (Lipinski definition) is 0. The first-order chi connectivity index (χ1) is 29.3. The van der Waals surface area contributed by atoms with Gasteiger partial charge in [0.2, 0.25) is 0 Å². The molecule has 1 saturated heterocycles. The average Bonchev–Trinajstić information content (AvgIpc) is 3.25. The largest absolute Gasteiger partial charge is 0.508 e. The number of carbonyl (C=O) groups is 4. The van der Waals surface area contributed by atoms with Crippen LogP contribution in [0.2, 0.25) is 0 Å². The molecule has 0 bridgehead atoms. The molecular formula is C48H81NO11. The van der Waals surface area contributed by atoms with E-state index in [0.29, 0.717) is 38.9 Å². The quantitative estimate of drug-likeness (QED) is 0.0148. The summed E-state index contributed by atoms with van der Waals surface area (Å²) in [5, 5.41) is 0. The first-order valence-electron chi connectivity index (χ1n) is 23.3. The van der Waals surface area contributed by atoms with E-state index in [1.807, 2.05) is 0 Å². The highest BCUT2D eigenvalue weighted by Gasteiger charge is 2.23. The van der Waals surface area contributed by atoms with Crippen molar-refractivity contribution in [2.75, 3.05) is 65.9 Å². The fourth-order valence-electron chi connectivity index (χ4n) is 6.34. The van der Waals surface area contributed by atoms with Crippen molar-refractivity contribution in [2.45, 2.75) is 169 Å². The standard InChI is InChI=1S/C48H81NO11/c1-5-9-12-15-18-21-24-34-54-44(50)29-22-23-30-45(51)57-39-43(41-60-48(53)59-38-42-28-27-33-49(8-4)37-42)40-58-46(52)31-32-47(55-35-25-19-16-13-10-6-2)56-36-26-20-17-14-11-7-3/h10-11,13-14,42-43,47H,5-9,12,15-17,19-20,22-41H2,1-4H3/b13-10-,14-11-.